The number of carbonyl (C=O) groups is 1. The smallest absolute Gasteiger partial charge is 0.163 e. The largest absolute Gasteiger partial charge is 0.294 e. The molecule has 0 heterocycles. The molecule has 0 saturated carbocycles. The first-order valence-electron chi connectivity index (χ1n) is 4.54. The fourth-order valence-electron chi connectivity index (χ4n) is 1.25. The number of halogens is 2. The molecule has 1 nitrogen and oxygen atoms in total. The van der Waals surface area contributed by atoms with E-state index in [-0.39, 0.29) is 5.78 Å². The van der Waals surface area contributed by atoms with Gasteiger partial charge in [-0.05, 0) is 30.0 Å². The van der Waals surface area contributed by atoms with Crippen LogP contribution in [0, 0.1) is 0 Å². The van der Waals surface area contributed by atoms with E-state index < -0.39 is 0 Å². The summed E-state index contributed by atoms with van der Waals surface area (Å²) in [6.45, 7) is 0. The molecule has 0 atom stereocenters. The molecule has 1 aromatic rings. The van der Waals surface area contributed by atoms with Crippen LogP contribution in [0.25, 0.3) is 0 Å². The molecule has 0 aliphatic heterocycles. The molecule has 0 bridgehead atoms. The van der Waals surface area contributed by atoms with Crippen LogP contribution < -0.4 is 0 Å². The summed E-state index contributed by atoms with van der Waals surface area (Å²) in [6.07, 6.45) is 2.52. The Morgan fingerprint density at radius 2 is 2.20 bits per heavy atom. The predicted octanol–water partition coefficient (Wildman–Crippen LogP) is 4.12. The van der Waals surface area contributed by atoms with Crippen LogP contribution in [-0.2, 0) is 5.88 Å². The molecule has 0 aromatic heterocycles. The van der Waals surface area contributed by atoms with Crippen molar-refractivity contribution in [3.05, 3.63) is 29.3 Å². The second-order valence-corrected chi connectivity index (χ2v) is 5.01. The molecule has 0 aliphatic rings. The standard InChI is InChI=1S/C11H12BrClOS/c1-15-10-5-8(7-13)4-9(6-10)11(14)2-3-12/h4-6H,2-3,7H2,1H3. The van der Waals surface area contributed by atoms with E-state index in [0.717, 1.165) is 16.0 Å². The highest BCUT2D eigenvalue weighted by Crippen LogP contribution is 2.21. The van der Waals surface area contributed by atoms with Crippen LogP contribution in [0.4, 0.5) is 0 Å². The van der Waals surface area contributed by atoms with Crippen LogP contribution in [0.15, 0.2) is 23.1 Å². The van der Waals surface area contributed by atoms with Gasteiger partial charge in [0.1, 0.15) is 0 Å². The second-order valence-electron chi connectivity index (χ2n) is 3.07. The molecule has 4 heteroatoms. The van der Waals surface area contributed by atoms with Gasteiger partial charge >= 0.3 is 0 Å². The van der Waals surface area contributed by atoms with Crippen molar-refractivity contribution < 1.29 is 4.79 Å². The van der Waals surface area contributed by atoms with Crippen molar-refractivity contribution >= 4 is 45.1 Å². The Hall–Kier alpha value is 0.01000. The van der Waals surface area contributed by atoms with Crippen LogP contribution in [0.1, 0.15) is 22.3 Å². The molecule has 1 aromatic carbocycles. The molecule has 0 aliphatic carbocycles. The first-order chi connectivity index (χ1) is 7.21. The highest BCUT2D eigenvalue weighted by molar-refractivity contribution is 9.09. The predicted molar refractivity (Wildman–Crippen MR) is 70.5 cm³/mol. The first kappa shape index (κ1) is 13.1. The highest BCUT2D eigenvalue weighted by Gasteiger charge is 2.07. The average molecular weight is 308 g/mol. The Balaban J connectivity index is 3.01. The van der Waals surface area contributed by atoms with Gasteiger partial charge in [0, 0.05) is 28.1 Å². The van der Waals surface area contributed by atoms with E-state index >= 15 is 0 Å². The number of ketones is 1. The molecule has 0 spiro atoms. The molecular weight excluding hydrogens is 296 g/mol. The van der Waals surface area contributed by atoms with E-state index in [1.165, 1.54) is 0 Å². The van der Waals surface area contributed by atoms with Gasteiger partial charge in [0.05, 0.1) is 0 Å². The fourth-order valence-corrected chi connectivity index (χ4v) is 2.28. The Morgan fingerprint density at radius 1 is 1.47 bits per heavy atom. The number of carbonyl (C=O) groups excluding carboxylic acids is 1. The van der Waals surface area contributed by atoms with E-state index in [1.807, 2.05) is 24.5 Å². The lowest BCUT2D eigenvalue weighted by Crippen LogP contribution is -2.00. The lowest BCUT2D eigenvalue weighted by Gasteiger charge is -2.05. The van der Waals surface area contributed by atoms with Gasteiger partial charge < -0.3 is 0 Å². The topological polar surface area (TPSA) is 17.1 Å². The monoisotopic (exact) mass is 306 g/mol. The van der Waals surface area contributed by atoms with Crippen molar-refractivity contribution in [2.75, 3.05) is 11.6 Å². The zero-order valence-electron chi connectivity index (χ0n) is 8.43. The number of hydrogen-bond donors (Lipinski definition) is 0. The molecule has 1 rings (SSSR count). The zero-order chi connectivity index (χ0) is 11.3. The third-order valence-corrected chi connectivity index (χ3v) is 3.41. The van der Waals surface area contributed by atoms with E-state index in [0.29, 0.717) is 17.6 Å². The second kappa shape index (κ2) is 6.56. The SMILES string of the molecule is CSc1cc(CCl)cc(C(=O)CCBr)c1. The fraction of sp³-hybridized carbons (Fsp3) is 0.364. The van der Waals surface area contributed by atoms with Crippen molar-refractivity contribution in [3.8, 4) is 0 Å². The molecule has 15 heavy (non-hydrogen) atoms. The van der Waals surface area contributed by atoms with Crippen LogP contribution in [0.5, 0.6) is 0 Å². The number of thioether (sulfide) groups is 1. The van der Waals surface area contributed by atoms with E-state index in [2.05, 4.69) is 15.9 Å². The minimum absolute atomic E-state index is 0.161. The molecule has 0 unspecified atom stereocenters. The summed E-state index contributed by atoms with van der Waals surface area (Å²) in [5.41, 5.74) is 1.76. The lowest BCUT2D eigenvalue weighted by atomic mass is 10.1. The van der Waals surface area contributed by atoms with Crippen molar-refractivity contribution in [3.63, 3.8) is 0 Å². The third kappa shape index (κ3) is 3.82. The maximum atomic E-state index is 11.7. The highest BCUT2D eigenvalue weighted by atomic mass is 79.9. The van der Waals surface area contributed by atoms with Gasteiger partial charge in [-0.1, -0.05) is 15.9 Å². The Kier molecular flexibility index (Phi) is 5.72. The van der Waals surface area contributed by atoms with E-state index in [1.54, 1.807) is 11.8 Å². The maximum absolute atomic E-state index is 11.7. The Bertz CT molecular complexity index is 332. The first-order valence-corrected chi connectivity index (χ1v) is 7.42. The summed E-state index contributed by atoms with van der Waals surface area (Å²) in [5.74, 6) is 0.609. The summed E-state index contributed by atoms with van der Waals surface area (Å²) in [6, 6.07) is 5.81. The Labute approximate surface area is 108 Å². The third-order valence-electron chi connectivity index (χ3n) is 2.00. The Morgan fingerprint density at radius 3 is 2.73 bits per heavy atom. The van der Waals surface area contributed by atoms with Gasteiger partial charge in [0.25, 0.3) is 0 Å². The van der Waals surface area contributed by atoms with Crippen molar-refractivity contribution in [2.24, 2.45) is 0 Å². The van der Waals surface area contributed by atoms with Gasteiger partial charge in [-0.25, -0.2) is 0 Å². The summed E-state index contributed by atoms with van der Waals surface area (Å²) in [4.78, 5) is 12.8. The summed E-state index contributed by atoms with van der Waals surface area (Å²) < 4.78 is 0. The quantitative estimate of drug-likeness (QED) is 0.462. The number of rotatable bonds is 5. The maximum Gasteiger partial charge on any atom is 0.163 e. The van der Waals surface area contributed by atoms with Gasteiger partial charge in [0.2, 0.25) is 0 Å². The zero-order valence-corrected chi connectivity index (χ0v) is 11.6. The normalized spacial score (nSPS) is 10.3. The van der Waals surface area contributed by atoms with Gasteiger partial charge in [-0.15, -0.1) is 23.4 Å². The number of Topliss-reactive ketones (excluding diaryl/α,β-unsaturated/α-hetero) is 1. The molecule has 82 valence electrons. The molecule has 0 fully saturated rings. The summed E-state index contributed by atoms with van der Waals surface area (Å²) >= 11 is 10.7. The molecule has 0 radical (unpaired) electrons. The van der Waals surface area contributed by atoms with Crippen LogP contribution in [-0.4, -0.2) is 17.4 Å². The molecule has 0 amide bonds. The van der Waals surface area contributed by atoms with Crippen molar-refractivity contribution in [2.45, 2.75) is 17.2 Å². The number of benzene rings is 1. The average Bonchev–Trinajstić information content (AvgIpc) is 2.28. The number of hydrogen-bond acceptors (Lipinski definition) is 2. The van der Waals surface area contributed by atoms with Gasteiger partial charge in [-0.2, -0.15) is 0 Å². The van der Waals surface area contributed by atoms with Crippen LogP contribution in [0.3, 0.4) is 0 Å². The molecule has 0 saturated heterocycles. The lowest BCUT2D eigenvalue weighted by molar-refractivity contribution is 0.0989. The van der Waals surface area contributed by atoms with Gasteiger partial charge in [-0.3, -0.25) is 4.79 Å². The molecular formula is C11H12BrClOS. The van der Waals surface area contributed by atoms with E-state index in [9.17, 15) is 4.79 Å². The van der Waals surface area contributed by atoms with E-state index in [4.69, 9.17) is 11.6 Å². The van der Waals surface area contributed by atoms with Gasteiger partial charge in [0.15, 0.2) is 5.78 Å². The number of alkyl halides is 2. The van der Waals surface area contributed by atoms with Crippen molar-refractivity contribution in [1.82, 2.24) is 0 Å². The minimum Gasteiger partial charge on any atom is -0.294 e. The summed E-state index contributed by atoms with van der Waals surface area (Å²) in [7, 11) is 0. The molecule has 0 N–H and O–H groups in total. The summed E-state index contributed by atoms with van der Waals surface area (Å²) in [5, 5.41) is 0.700. The minimum atomic E-state index is 0.161. The van der Waals surface area contributed by atoms with Crippen molar-refractivity contribution in [1.29, 1.82) is 0 Å². The van der Waals surface area contributed by atoms with Crippen LogP contribution >= 0.6 is 39.3 Å². The van der Waals surface area contributed by atoms with Crippen LogP contribution in [0.2, 0.25) is 0 Å².